The molecule has 2 N–H and O–H groups in total. The minimum atomic E-state index is -0.241. The third-order valence-electron chi connectivity index (χ3n) is 5.59. The first-order valence-electron chi connectivity index (χ1n) is 11.9. The molecule has 0 spiro atoms. The molecule has 0 atom stereocenters. The Morgan fingerprint density at radius 1 is 1.16 bits per heavy atom. The van der Waals surface area contributed by atoms with E-state index in [1.165, 1.54) is 6.08 Å². The Hall–Kier alpha value is -4.45. The second-order valence-corrected chi connectivity index (χ2v) is 9.23. The smallest absolute Gasteiger partial charge is 0.248 e. The molecule has 4 aromatic rings. The van der Waals surface area contributed by atoms with Gasteiger partial charge in [-0.05, 0) is 69.6 Å². The number of halogens is 1. The lowest BCUT2D eigenvalue weighted by Crippen LogP contribution is -2.13. The van der Waals surface area contributed by atoms with Crippen LogP contribution in [0, 0.1) is 18.3 Å². The third-order valence-corrected chi connectivity index (χ3v) is 5.88. The van der Waals surface area contributed by atoms with Gasteiger partial charge in [0.2, 0.25) is 5.91 Å². The van der Waals surface area contributed by atoms with Gasteiger partial charge in [0.15, 0.2) is 0 Å². The predicted octanol–water partition coefficient (Wildman–Crippen LogP) is 5.84. The number of benzene rings is 2. The van der Waals surface area contributed by atoms with Crippen LogP contribution in [-0.2, 0) is 11.4 Å². The molecular formula is C29H27ClN6O2. The molecule has 38 heavy (non-hydrogen) atoms. The molecule has 0 unspecified atom stereocenters. The summed E-state index contributed by atoms with van der Waals surface area (Å²) in [4.78, 5) is 23.2. The number of hydrogen-bond donors (Lipinski definition) is 2. The number of fused-ring (bicyclic) bond motifs is 1. The fraction of sp³-hybridized carbons (Fsp3) is 0.172. The molecule has 8 nitrogen and oxygen atoms in total. The first kappa shape index (κ1) is 26.6. The highest BCUT2D eigenvalue weighted by atomic mass is 35.5. The molecule has 0 bridgehead atoms. The second kappa shape index (κ2) is 12.2. The van der Waals surface area contributed by atoms with Crippen LogP contribution in [0.25, 0.3) is 10.9 Å². The number of aryl methyl sites for hydroxylation is 1. The van der Waals surface area contributed by atoms with Gasteiger partial charge in [0.05, 0.1) is 33.2 Å². The number of ether oxygens (including phenoxy) is 1. The number of pyridine rings is 2. The van der Waals surface area contributed by atoms with Crippen molar-refractivity contribution in [3.8, 4) is 11.8 Å². The lowest BCUT2D eigenvalue weighted by atomic mass is 10.1. The SMILES string of the molecule is Cc1nc2ccc(NC(=O)/C=C/CN(C)C)cc2c(Nc2ccc(OCc3ccccn3)c(Cl)c2)c1C#N. The van der Waals surface area contributed by atoms with E-state index in [9.17, 15) is 10.1 Å². The molecule has 0 fully saturated rings. The average Bonchev–Trinajstić information content (AvgIpc) is 2.89. The van der Waals surface area contributed by atoms with E-state index in [1.54, 1.807) is 43.5 Å². The van der Waals surface area contributed by atoms with E-state index in [1.807, 2.05) is 49.3 Å². The summed E-state index contributed by atoms with van der Waals surface area (Å²) in [5, 5.41) is 17.2. The van der Waals surface area contributed by atoms with Crippen molar-refractivity contribution >= 4 is 45.5 Å². The van der Waals surface area contributed by atoms with Crippen molar-refractivity contribution in [1.82, 2.24) is 14.9 Å². The predicted molar refractivity (Wildman–Crippen MR) is 151 cm³/mol. The molecular weight excluding hydrogens is 500 g/mol. The van der Waals surface area contributed by atoms with E-state index < -0.39 is 0 Å². The first-order chi connectivity index (χ1) is 18.3. The largest absolute Gasteiger partial charge is 0.486 e. The number of carbonyl (C=O) groups is 1. The molecule has 0 saturated heterocycles. The highest BCUT2D eigenvalue weighted by Gasteiger charge is 2.15. The molecule has 2 heterocycles. The molecule has 1 amide bonds. The van der Waals surface area contributed by atoms with Gasteiger partial charge in [0, 0.05) is 35.6 Å². The van der Waals surface area contributed by atoms with Gasteiger partial charge < -0.3 is 20.3 Å². The summed E-state index contributed by atoms with van der Waals surface area (Å²) < 4.78 is 5.82. The fourth-order valence-electron chi connectivity index (χ4n) is 3.76. The van der Waals surface area contributed by atoms with E-state index in [0.29, 0.717) is 63.1 Å². The molecule has 2 aromatic carbocycles. The van der Waals surface area contributed by atoms with E-state index in [0.717, 1.165) is 5.69 Å². The summed E-state index contributed by atoms with van der Waals surface area (Å²) in [5.41, 5.74) is 4.31. The number of nitriles is 1. The monoisotopic (exact) mass is 526 g/mol. The summed E-state index contributed by atoms with van der Waals surface area (Å²) in [5.74, 6) is 0.279. The number of nitrogens with one attached hydrogen (secondary N) is 2. The van der Waals surface area contributed by atoms with Gasteiger partial charge in [-0.3, -0.25) is 14.8 Å². The van der Waals surface area contributed by atoms with Gasteiger partial charge >= 0.3 is 0 Å². The topological polar surface area (TPSA) is 103 Å². The van der Waals surface area contributed by atoms with Crippen LogP contribution in [0.15, 0.2) is 72.9 Å². The zero-order valence-electron chi connectivity index (χ0n) is 21.3. The standard InChI is InChI=1S/C29H27ClN6O2/c1-19-24(17-31)29(23-15-20(9-11-26(23)33-19)34-28(37)8-6-14-36(2)3)35-21-10-12-27(25(30)16-21)38-18-22-7-4-5-13-32-22/h4-13,15-16H,14,18H2,1-3H3,(H,33,35)(H,34,37)/b8-6+. The molecule has 9 heteroatoms. The lowest BCUT2D eigenvalue weighted by Gasteiger charge is -2.16. The minimum Gasteiger partial charge on any atom is -0.486 e. The van der Waals surface area contributed by atoms with Crippen LogP contribution in [0.5, 0.6) is 5.75 Å². The zero-order chi connectivity index (χ0) is 27.1. The van der Waals surface area contributed by atoms with E-state index in [2.05, 4.69) is 26.7 Å². The molecule has 0 radical (unpaired) electrons. The Labute approximate surface area is 226 Å². The van der Waals surface area contributed by atoms with Gasteiger partial charge in [0.25, 0.3) is 0 Å². The molecule has 0 aliphatic heterocycles. The number of aromatic nitrogens is 2. The summed E-state index contributed by atoms with van der Waals surface area (Å²) >= 11 is 6.51. The van der Waals surface area contributed by atoms with Crippen molar-refractivity contribution in [3.63, 3.8) is 0 Å². The maximum atomic E-state index is 12.4. The lowest BCUT2D eigenvalue weighted by molar-refractivity contribution is -0.111. The van der Waals surface area contributed by atoms with Crippen molar-refractivity contribution < 1.29 is 9.53 Å². The normalized spacial score (nSPS) is 11.1. The number of nitrogens with zero attached hydrogens (tertiary/aromatic N) is 4. The van der Waals surface area contributed by atoms with Crippen LogP contribution in [0.4, 0.5) is 17.1 Å². The van der Waals surface area contributed by atoms with Gasteiger partial charge in [-0.15, -0.1) is 0 Å². The van der Waals surface area contributed by atoms with Crippen LogP contribution in [0.1, 0.15) is 17.0 Å². The van der Waals surface area contributed by atoms with Crippen LogP contribution in [0.2, 0.25) is 5.02 Å². The van der Waals surface area contributed by atoms with Crippen molar-refractivity contribution in [2.75, 3.05) is 31.3 Å². The Morgan fingerprint density at radius 2 is 1.97 bits per heavy atom. The van der Waals surface area contributed by atoms with Crippen LogP contribution < -0.4 is 15.4 Å². The number of carbonyl (C=O) groups excluding carboxylic acids is 1. The zero-order valence-corrected chi connectivity index (χ0v) is 22.1. The Kier molecular flexibility index (Phi) is 8.54. The van der Waals surface area contributed by atoms with Crippen LogP contribution in [-0.4, -0.2) is 41.4 Å². The van der Waals surface area contributed by atoms with Crippen molar-refractivity contribution in [1.29, 1.82) is 5.26 Å². The molecule has 2 aromatic heterocycles. The average molecular weight is 527 g/mol. The van der Waals surface area contributed by atoms with Crippen molar-refractivity contribution in [2.45, 2.75) is 13.5 Å². The Morgan fingerprint density at radius 3 is 2.68 bits per heavy atom. The van der Waals surface area contributed by atoms with Crippen molar-refractivity contribution in [3.05, 3.63) is 94.9 Å². The van der Waals surface area contributed by atoms with E-state index in [4.69, 9.17) is 16.3 Å². The fourth-order valence-corrected chi connectivity index (χ4v) is 4.00. The highest BCUT2D eigenvalue weighted by Crippen LogP contribution is 2.35. The number of likely N-dealkylation sites (N-methyl/N-ethyl adjacent to an activating group) is 1. The maximum Gasteiger partial charge on any atom is 0.248 e. The summed E-state index contributed by atoms with van der Waals surface area (Å²) in [6.07, 6.45) is 4.99. The Balaban J connectivity index is 1.60. The first-order valence-corrected chi connectivity index (χ1v) is 12.3. The van der Waals surface area contributed by atoms with Gasteiger partial charge in [-0.25, -0.2) is 0 Å². The molecule has 0 aliphatic rings. The molecule has 192 valence electrons. The van der Waals surface area contributed by atoms with Gasteiger partial charge in [-0.2, -0.15) is 5.26 Å². The molecule has 0 saturated carbocycles. The van der Waals surface area contributed by atoms with Crippen molar-refractivity contribution in [2.24, 2.45) is 0 Å². The summed E-state index contributed by atoms with van der Waals surface area (Å²) in [6.45, 7) is 2.73. The Bertz CT molecular complexity index is 1530. The second-order valence-electron chi connectivity index (χ2n) is 8.82. The van der Waals surface area contributed by atoms with Gasteiger partial charge in [0.1, 0.15) is 18.4 Å². The van der Waals surface area contributed by atoms with E-state index >= 15 is 0 Å². The maximum absolute atomic E-state index is 12.4. The van der Waals surface area contributed by atoms with Gasteiger partial charge in [-0.1, -0.05) is 23.7 Å². The number of rotatable bonds is 9. The van der Waals surface area contributed by atoms with Crippen LogP contribution in [0.3, 0.4) is 0 Å². The summed E-state index contributed by atoms with van der Waals surface area (Å²) in [7, 11) is 3.86. The van der Waals surface area contributed by atoms with E-state index in [-0.39, 0.29) is 5.91 Å². The number of amides is 1. The van der Waals surface area contributed by atoms with Crippen LogP contribution >= 0.6 is 11.6 Å². The summed E-state index contributed by atoms with van der Waals surface area (Å²) in [6, 6.07) is 18.6. The minimum absolute atomic E-state index is 0.241. The third kappa shape index (κ3) is 6.65. The molecule has 0 aliphatic carbocycles. The number of anilines is 3. The molecule has 4 rings (SSSR count). The quantitative estimate of drug-likeness (QED) is 0.264. The number of hydrogen-bond acceptors (Lipinski definition) is 7. The highest BCUT2D eigenvalue weighted by molar-refractivity contribution is 6.32.